The third kappa shape index (κ3) is 4.43. The number of benzene rings is 1. The van der Waals surface area contributed by atoms with Gasteiger partial charge in [-0.05, 0) is 57.9 Å². The van der Waals surface area contributed by atoms with Gasteiger partial charge in [0.05, 0.1) is 11.2 Å². The van der Waals surface area contributed by atoms with Crippen LogP contribution in [0, 0.1) is 0 Å². The molecule has 3 rings (SSSR count). The Hall–Kier alpha value is -1.41. The van der Waals surface area contributed by atoms with Gasteiger partial charge in [0.15, 0.2) is 0 Å². The molecule has 28 heavy (non-hydrogen) atoms. The number of rotatable bonds is 5. The number of hydrogen-bond donors (Lipinski definition) is 1. The Balaban J connectivity index is 1.66. The maximum atomic E-state index is 15.0. The molecule has 2 aliphatic heterocycles. The largest absolute Gasteiger partial charge is 0.525 e. The molecule has 0 unspecified atom stereocenters. The topological polar surface area (TPSA) is 57.2 Å². The fourth-order valence-corrected chi connectivity index (χ4v) is 3.18. The van der Waals surface area contributed by atoms with E-state index in [9.17, 15) is 9.50 Å². The van der Waals surface area contributed by atoms with Crippen LogP contribution >= 0.6 is 0 Å². The Kier molecular flexibility index (Phi) is 5.92. The van der Waals surface area contributed by atoms with Crippen LogP contribution in [0.15, 0.2) is 30.0 Å². The minimum atomic E-state index is -1.01. The molecule has 0 spiro atoms. The molecule has 0 saturated carbocycles. The summed E-state index contributed by atoms with van der Waals surface area (Å²) in [6.07, 6.45) is 1.12. The van der Waals surface area contributed by atoms with Crippen molar-refractivity contribution in [1.29, 1.82) is 0 Å². The zero-order valence-electron chi connectivity index (χ0n) is 17.4. The third-order valence-electron chi connectivity index (χ3n) is 6.04. The van der Waals surface area contributed by atoms with E-state index < -0.39 is 29.6 Å². The van der Waals surface area contributed by atoms with E-state index in [1.54, 1.807) is 31.2 Å². The SMILES string of the molecule is CC(=C(F)B1OC(C)(C)C(C)(C)O1)c1ccc(OCC2(O)CCOCC2)cc1. The molecular formula is C21H30BFO5. The lowest BCUT2D eigenvalue weighted by atomic mass is 9.83. The summed E-state index contributed by atoms with van der Waals surface area (Å²) in [6.45, 7) is 10.6. The van der Waals surface area contributed by atoms with Gasteiger partial charge < -0.3 is 23.9 Å². The van der Waals surface area contributed by atoms with Crippen LogP contribution in [0.5, 0.6) is 5.75 Å². The second kappa shape index (κ2) is 7.79. The lowest BCUT2D eigenvalue weighted by molar-refractivity contribution is -0.0855. The molecule has 0 aromatic heterocycles. The Morgan fingerprint density at radius 2 is 1.61 bits per heavy atom. The fraction of sp³-hybridized carbons (Fsp3) is 0.619. The highest BCUT2D eigenvalue weighted by atomic mass is 19.1. The summed E-state index contributed by atoms with van der Waals surface area (Å²) in [5, 5.41) is 10.5. The molecule has 0 amide bonds. The maximum absolute atomic E-state index is 15.0. The highest BCUT2D eigenvalue weighted by Crippen LogP contribution is 2.40. The lowest BCUT2D eigenvalue weighted by Crippen LogP contribution is -2.41. The van der Waals surface area contributed by atoms with Gasteiger partial charge in [0.1, 0.15) is 23.7 Å². The Bertz CT molecular complexity index is 707. The molecule has 5 nitrogen and oxygen atoms in total. The van der Waals surface area contributed by atoms with E-state index in [2.05, 4.69) is 0 Å². The van der Waals surface area contributed by atoms with Crippen molar-refractivity contribution in [3.05, 3.63) is 35.6 Å². The zero-order chi connectivity index (χ0) is 20.6. The normalized spacial score (nSPS) is 24.0. The van der Waals surface area contributed by atoms with Crippen LogP contribution < -0.4 is 4.74 Å². The molecular weight excluding hydrogens is 362 g/mol. The van der Waals surface area contributed by atoms with Crippen LogP contribution in [-0.4, -0.2) is 48.8 Å². The Morgan fingerprint density at radius 3 is 2.14 bits per heavy atom. The van der Waals surface area contributed by atoms with Gasteiger partial charge in [-0.25, -0.2) is 4.39 Å². The molecule has 0 radical (unpaired) electrons. The van der Waals surface area contributed by atoms with Crippen molar-refractivity contribution in [2.45, 2.75) is 64.3 Å². The third-order valence-corrected chi connectivity index (χ3v) is 6.04. The van der Waals surface area contributed by atoms with Crippen LogP contribution in [0.4, 0.5) is 4.39 Å². The first-order chi connectivity index (χ1) is 13.0. The first kappa shape index (κ1) is 21.3. The van der Waals surface area contributed by atoms with Crippen LogP contribution in [0.3, 0.4) is 0 Å². The van der Waals surface area contributed by atoms with E-state index in [4.69, 9.17) is 18.8 Å². The van der Waals surface area contributed by atoms with E-state index in [1.807, 2.05) is 27.7 Å². The average molecular weight is 392 g/mol. The number of halogens is 1. The fourth-order valence-electron chi connectivity index (χ4n) is 3.18. The molecule has 2 saturated heterocycles. The van der Waals surface area contributed by atoms with Crippen molar-refractivity contribution in [2.24, 2.45) is 0 Å². The standard InChI is InChI=1S/C21H30BFO5/c1-15(18(23)22-27-19(2,3)20(4,5)28-22)16-6-8-17(9-7-16)26-14-21(24)10-12-25-13-11-21/h6-9,24H,10-14H2,1-5H3. The van der Waals surface area contributed by atoms with Crippen LogP contribution in [0.2, 0.25) is 0 Å². The summed E-state index contributed by atoms with van der Waals surface area (Å²) >= 11 is 0. The first-order valence-corrected chi connectivity index (χ1v) is 9.78. The number of hydrogen-bond acceptors (Lipinski definition) is 5. The van der Waals surface area contributed by atoms with Gasteiger partial charge >= 0.3 is 7.12 Å². The summed E-state index contributed by atoms with van der Waals surface area (Å²) in [5.74, 6) is 0.632. The highest BCUT2D eigenvalue weighted by Gasteiger charge is 2.53. The second-order valence-electron chi connectivity index (χ2n) is 8.71. The molecule has 2 fully saturated rings. The molecule has 0 bridgehead atoms. The monoisotopic (exact) mass is 392 g/mol. The minimum Gasteiger partial charge on any atom is -0.491 e. The van der Waals surface area contributed by atoms with E-state index in [0.29, 0.717) is 37.4 Å². The molecule has 2 heterocycles. The van der Waals surface area contributed by atoms with Crippen molar-refractivity contribution in [2.75, 3.05) is 19.8 Å². The van der Waals surface area contributed by atoms with Crippen molar-refractivity contribution in [1.82, 2.24) is 0 Å². The Morgan fingerprint density at radius 1 is 1.07 bits per heavy atom. The number of allylic oxidation sites excluding steroid dienone is 1. The number of aliphatic hydroxyl groups is 1. The summed E-state index contributed by atoms with van der Waals surface area (Å²) < 4.78 is 37.6. The predicted octanol–water partition coefficient (Wildman–Crippen LogP) is 3.94. The highest BCUT2D eigenvalue weighted by molar-refractivity contribution is 6.55. The molecule has 0 atom stereocenters. The summed E-state index contributed by atoms with van der Waals surface area (Å²) in [5.41, 5.74) is -1.26. The van der Waals surface area contributed by atoms with Gasteiger partial charge in [-0.3, -0.25) is 0 Å². The van der Waals surface area contributed by atoms with Crippen molar-refractivity contribution in [3.8, 4) is 5.75 Å². The summed E-state index contributed by atoms with van der Waals surface area (Å²) in [4.78, 5) is 0. The molecule has 0 aliphatic carbocycles. The van der Waals surface area contributed by atoms with E-state index >= 15 is 0 Å². The number of ether oxygens (including phenoxy) is 2. The molecule has 1 aromatic carbocycles. The average Bonchev–Trinajstić information content (AvgIpc) is 2.87. The van der Waals surface area contributed by atoms with Gasteiger partial charge in [0, 0.05) is 26.1 Å². The summed E-state index contributed by atoms with van der Waals surface area (Å²) in [7, 11) is -1.01. The molecule has 1 N–H and O–H groups in total. The zero-order valence-corrected chi connectivity index (χ0v) is 17.4. The summed E-state index contributed by atoms with van der Waals surface area (Å²) in [6, 6.07) is 7.14. The smallest absolute Gasteiger partial charge is 0.491 e. The van der Waals surface area contributed by atoms with Crippen LogP contribution in [0.25, 0.3) is 5.57 Å². The van der Waals surface area contributed by atoms with E-state index in [0.717, 1.165) is 5.56 Å². The van der Waals surface area contributed by atoms with Crippen molar-refractivity contribution in [3.63, 3.8) is 0 Å². The van der Waals surface area contributed by atoms with E-state index in [-0.39, 0.29) is 6.61 Å². The van der Waals surface area contributed by atoms with Crippen LogP contribution in [0.1, 0.15) is 53.0 Å². The van der Waals surface area contributed by atoms with Gasteiger partial charge in [-0.15, -0.1) is 0 Å². The second-order valence-corrected chi connectivity index (χ2v) is 8.71. The minimum absolute atomic E-state index is 0.215. The Labute approximate surface area is 167 Å². The lowest BCUT2D eigenvalue weighted by Gasteiger charge is -2.32. The molecule has 1 aromatic rings. The predicted molar refractivity (Wildman–Crippen MR) is 107 cm³/mol. The molecule has 154 valence electrons. The van der Waals surface area contributed by atoms with Crippen molar-refractivity contribution < 1.29 is 28.3 Å². The first-order valence-electron chi connectivity index (χ1n) is 9.78. The molecule has 2 aliphatic rings. The van der Waals surface area contributed by atoms with Crippen LogP contribution in [-0.2, 0) is 14.0 Å². The quantitative estimate of drug-likeness (QED) is 0.770. The van der Waals surface area contributed by atoms with Crippen molar-refractivity contribution >= 4 is 12.7 Å². The van der Waals surface area contributed by atoms with Gasteiger partial charge in [-0.2, -0.15) is 0 Å². The van der Waals surface area contributed by atoms with Gasteiger partial charge in [0.2, 0.25) is 0 Å². The van der Waals surface area contributed by atoms with E-state index in [1.165, 1.54) is 0 Å². The molecule has 7 heteroatoms. The van der Waals surface area contributed by atoms with Gasteiger partial charge in [-0.1, -0.05) is 12.1 Å². The van der Waals surface area contributed by atoms with Gasteiger partial charge in [0.25, 0.3) is 0 Å². The maximum Gasteiger partial charge on any atom is 0.525 e.